The molecule has 7 rings (SSSR count). The number of benzene rings is 2. The molecular weight excluding hydrogens is 655 g/mol. The van der Waals surface area contributed by atoms with Crippen LogP contribution in [0.3, 0.4) is 0 Å². The molecule has 46 heavy (non-hydrogen) atoms. The lowest BCUT2D eigenvalue weighted by atomic mass is 9.95. The van der Waals surface area contributed by atoms with Crippen molar-refractivity contribution in [3.8, 4) is 29.0 Å². The van der Waals surface area contributed by atoms with Crippen LogP contribution in [-0.2, 0) is 0 Å². The van der Waals surface area contributed by atoms with E-state index < -0.39 is 54.5 Å². The topological polar surface area (TPSA) is 121 Å². The highest BCUT2D eigenvalue weighted by Gasteiger charge is 2.49. The minimum atomic E-state index is -2.85. The van der Waals surface area contributed by atoms with Crippen LogP contribution in [0.15, 0.2) is 12.1 Å². The first-order valence-electron chi connectivity index (χ1n) is 14.5. The lowest BCUT2D eigenvalue weighted by Gasteiger charge is -2.31. The van der Waals surface area contributed by atoms with Crippen LogP contribution in [0, 0.1) is 23.0 Å². The first-order chi connectivity index (χ1) is 22.0. The molecule has 0 saturated carbocycles. The summed E-state index contributed by atoms with van der Waals surface area (Å²) in [5.74, 6) is -2.07. The highest BCUT2D eigenvalue weighted by molar-refractivity contribution is 7.23. The average Bonchev–Trinajstić information content (AvgIpc) is 3.63. The van der Waals surface area contributed by atoms with Crippen molar-refractivity contribution >= 4 is 54.7 Å². The summed E-state index contributed by atoms with van der Waals surface area (Å²) in [4.78, 5) is 11.9. The van der Waals surface area contributed by atoms with Crippen molar-refractivity contribution in [1.29, 1.82) is 5.26 Å². The Morgan fingerprint density at radius 1 is 1.26 bits per heavy atom. The van der Waals surface area contributed by atoms with Crippen LogP contribution in [0.1, 0.15) is 24.8 Å². The monoisotopic (exact) mass is 680 g/mol. The predicted molar refractivity (Wildman–Crippen MR) is 163 cm³/mol. The summed E-state index contributed by atoms with van der Waals surface area (Å²) in [5.41, 5.74) is 4.63. The molecule has 16 heteroatoms. The molecule has 3 atom stereocenters. The van der Waals surface area contributed by atoms with Crippen LogP contribution in [0.2, 0.25) is 5.02 Å². The highest BCUT2D eigenvalue weighted by atomic mass is 35.5. The van der Waals surface area contributed by atoms with Crippen LogP contribution in [0.5, 0.6) is 11.8 Å². The van der Waals surface area contributed by atoms with Crippen molar-refractivity contribution in [1.82, 2.24) is 14.9 Å². The Kier molecular flexibility index (Phi) is 7.74. The van der Waals surface area contributed by atoms with Gasteiger partial charge < -0.3 is 25.2 Å². The van der Waals surface area contributed by atoms with Crippen molar-refractivity contribution in [3.05, 3.63) is 34.4 Å². The second-order valence-corrected chi connectivity index (χ2v) is 13.2. The van der Waals surface area contributed by atoms with Crippen LogP contribution < -0.4 is 20.1 Å². The number of alkyl halides is 3. The van der Waals surface area contributed by atoms with Crippen molar-refractivity contribution in [2.45, 2.75) is 43.5 Å². The molecule has 242 valence electrons. The first kappa shape index (κ1) is 30.9. The Bertz CT molecular complexity index is 1920. The number of hydrogen-bond donors (Lipinski definition) is 2. The molecule has 0 radical (unpaired) electrons. The summed E-state index contributed by atoms with van der Waals surface area (Å²) in [6, 6.07) is 3.93. The largest absolute Gasteiger partial charge is 0.484 e. The number of nitrogens with zero attached hydrogens (tertiary/aromatic N) is 5. The number of thiophene rings is 1. The zero-order valence-corrected chi connectivity index (χ0v) is 25.6. The zero-order valence-electron chi connectivity index (χ0n) is 24.0. The number of fused-ring (bicyclic) bond motifs is 2. The van der Waals surface area contributed by atoms with Crippen LogP contribution in [-0.4, -0.2) is 83.6 Å². The van der Waals surface area contributed by atoms with Crippen LogP contribution in [0.25, 0.3) is 32.1 Å². The van der Waals surface area contributed by atoms with Gasteiger partial charge in [-0.3, -0.25) is 4.90 Å². The molecule has 0 bridgehead atoms. The molecule has 3 N–H and O–H groups in total. The molecule has 0 spiro atoms. The number of hydrogen-bond acceptors (Lipinski definition) is 10. The molecule has 0 aliphatic carbocycles. The zero-order chi connectivity index (χ0) is 32.5. The third-order valence-electron chi connectivity index (χ3n) is 8.94. The average molecular weight is 681 g/mol. The number of rotatable bonds is 7. The summed E-state index contributed by atoms with van der Waals surface area (Å²) in [6.07, 6.45) is -3.24. The van der Waals surface area contributed by atoms with Crippen molar-refractivity contribution < 1.29 is 36.5 Å². The van der Waals surface area contributed by atoms with Gasteiger partial charge in [-0.1, -0.05) is 17.7 Å². The molecule has 1 unspecified atom stereocenters. The van der Waals surface area contributed by atoms with Gasteiger partial charge in [0, 0.05) is 23.9 Å². The smallest absolute Gasteiger partial charge is 0.319 e. The molecule has 5 heterocycles. The van der Waals surface area contributed by atoms with E-state index in [1.165, 1.54) is 6.07 Å². The van der Waals surface area contributed by atoms with E-state index >= 15 is 4.39 Å². The minimum absolute atomic E-state index is 0.000690. The van der Waals surface area contributed by atoms with E-state index in [0.717, 1.165) is 28.7 Å². The molecule has 0 amide bonds. The molecule has 3 aliphatic rings. The third-order valence-corrected chi connectivity index (χ3v) is 10.3. The van der Waals surface area contributed by atoms with E-state index in [0.29, 0.717) is 13.0 Å². The molecule has 2 aromatic carbocycles. The SMILES string of the molecule is N#Cc1c(N)sc2c(F)ccc(-c3c(Cl)c4c5c(nc(OC[C@@]67CCCN6C[C@H](F)C7)nc5c3F)N(CC(F)F)CC(CO)O4)c12. The number of nitrogen functional groups attached to an aromatic ring is 1. The maximum Gasteiger partial charge on any atom is 0.319 e. The number of aliphatic hydroxyl groups excluding tert-OH is 1. The Labute approximate surface area is 267 Å². The van der Waals surface area contributed by atoms with Gasteiger partial charge in [0.1, 0.15) is 47.1 Å². The standard InChI is InChI=1S/C30H26ClF5N6O3S/c31-22-20(15-2-3-17(33)26-19(15)16(7-37)27(38)46-26)23(36)24-21-25(22)45-14(11-43)9-41(10-18(34)35)28(21)40-29(39-24)44-12-30-4-1-5-42(30)8-13(32)6-30/h2-3,13-14,18,43H,1,4-6,8-12,38H2/t13-,14?,30+/m1/s1. The van der Waals surface area contributed by atoms with E-state index in [9.17, 15) is 27.9 Å². The second-order valence-electron chi connectivity index (χ2n) is 11.7. The quantitative estimate of drug-likeness (QED) is 0.238. The van der Waals surface area contributed by atoms with Crippen LogP contribution >= 0.6 is 22.9 Å². The van der Waals surface area contributed by atoms with Gasteiger partial charge in [-0.05, 0) is 31.0 Å². The Balaban J connectivity index is 1.47. The lowest BCUT2D eigenvalue weighted by Crippen LogP contribution is -2.43. The van der Waals surface area contributed by atoms with E-state index in [-0.39, 0.29) is 85.9 Å². The number of nitriles is 1. The van der Waals surface area contributed by atoms with Gasteiger partial charge in [-0.25, -0.2) is 22.0 Å². The van der Waals surface area contributed by atoms with Gasteiger partial charge in [-0.15, -0.1) is 11.3 Å². The number of aliphatic hydroxyl groups is 1. The maximum atomic E-state index is 16.9. The number of anilines is 2. The predicted octanol–water partition coefficient (Wildman–Crippen LogP) is 5.68. The van der Waals surface area contributed by atoms with E-state index in [1.54, 1.807) is 0 Å². The highest BCUT2D eigenvalue weighted by Crippen LogP contribution is 2.51. The van der Waals surface area contributed by atoms with Gasteiger partial charge in [-0.2, -0.15) is 15.2 Å². The van der Waals surface area contributed by atoms with Gasteiger partial charge in [0.25, 0.3) is 6.43 Å². The van der Waals surface area contributed by atoms with Gasteiger partial charge in [0.15, 0.2) is 11.6 Å². The third kappa shape index (κ3) is 4.85. The molecule has 9 nitrogen and oxygen atoms in total. The molecule has 2 aromatic heterocycles. The van der Waals surface area contributed by atoms with Crippen molar-refractivity contribution in [2.24, 2.45) is 0 Å². The normalized spacial score (nSPS) is 22.8. The summed E-state index contributed by atoms with van der Waals surface area (Å²) >= 11 is 7.66. The first-order valence-corrected chi connectivity index (χ1v) is 15.7. The number of nitrogens with two attached hydrogens (primary N) is 1. The molecular formula is C30H26ClF5N6O3S. The van der Waals surface area contributed by atoms with Gasteiger partial charge >= 0.3 is 6.01 Å². The van der Waals surface area contributed by atoms with Crippen LogP contribution in [0.4, 0.5) is 32.8 Å². The molecule has 2 fully saturated rings. The Morgan fingerprint density at radius 2 is 2.07 bits per heavy atom. The molecule has 4 aromatic rings. The summed E-state index contributed by atoms with van der Waals surface area (Å²) in [6.45, 7) is -0.783. The minimum Gasteiger partial charge on any atom is -0.484 e. The maximum absolute atomic E-state index is 16.9. The summed E-state index contributed by atoms with van der Waals surface area (Å²) in [5, 5.41) is 19.5. The van der Waals surface area contributed by atoms with Gasteiger partial charge in [0.05, 0.1) is 45.9 Å². The van der Waals surface area contributed by atoms with Crippen molar-refractivity contribution in [3.63, 3.8) is 0 Å². The number of aromatic nitrogens is 2. The van der Waals surface area contributed by atoms with E-state index in [1.807, 2.05) is 11.0 Å². The van der Waals surface area contributed by atoms with E-state index in [4.69, 9.17) is 26.8 Å². The van der Waals surface area contributed by atoms with Gasteiger partial charge in [0.2, 0.25) is 0 Å². The Hall–Kier alpha value is -3.71. The van der Waals surface area contributed by atoms with Crippen molar-refractivity contribution in [2.75, 3.05) is 50.0 Å². The van der Waals surface area contributed by atoms with E-state index in [2.05, 4.69) is 9.97 Å². The summed E-state index contributed by atoms with van der Waals surface area (Å²) in [7, 11) is 0. The fraction of sp³-hybridized carbons (Fsp3) is 0.433. The number of halogens is 6. The fourth-order valence-electron chi connectivity index (χ4n) is 6.99. The summed E-state index contributed by atoms with van der Waals surface area (Å²) < 4.78 is 86.0. The Morgan fingerprint density at radius 3 is 2.80 bits per heavy atom. The fourth-order valence-corrected chi connectivity index (χ4v) is 8.26. The number of ether oxygens (including phenoxy) is 2. The molecule has 3 aliphatic heterocycles. The second kappa shape index (κ2) is 11.5. The lowest BCUT2D eigenvalue weighted by molar-refractivity contribution is 0.107. The molecule has 2 saturated heterocycles.